The molecule has 0 aliphatic carbocycles. The molecule has 0 bridgehead atoms. The van der Waals surface area contributed by atoms with Crippen LogP contribution in [0.4, 0.5) is 0 Å². The lowest BCUT2D eigenvalue weighted by Gasteiger charge is -2.15. The standard InChI is InChI=1S/C21H18N2O3/c1-25-15-10-8-14(9-11-15)13-23-17-6-3-7-18(26-2)19(17)20-16(21(23)24)5-4-12-22-20/h3-12H,13H2,1-2H3. The predicted octanol–water partition coefficient (Wildman–Crippen LogP) is 3.62. The SMILES string of the molecule is COc1ccc(Cn2c(=O)c3cccnc3c3c(OC)cccc32)cc1. The normalized spacial score (nSPS) is 11.0. The van der Waals surface area contributed by atoms with Crippen LogP contribution in [0.25, 0.3) is 21.8 Å². The Morgan fingerprint density at radius 2 is 1.77 bits per heavy atom. The highest BCUT2D eigenvalue weighted by Gasteiger charge is 2.15. The Labute approximate surface area is 150 Å². The van der Waals surface area contributed by atoms with Crippen molar-refractivity contribution in [2.45, 2.75) is 6.54 Å². The van der Waals surface area contributed by atoms with E-state index in [1.54, 1.807) is 37.1 Å². The molecule has 0 aliphatic heterocycles. The summed E-state index contributed by atoms with van der Waals surface area (Å²) in [4.78, 5) is 17.6. The third-order valence-corrected chi connectivity index (χ3v) is 4.53. The molecule has 26 heavy (non-hydrogen) atoms. The van der Waals surface area contributed by atoms with E-state index in [1.807, 2.05) is 42.5 Å². The van der Waals surface area contributed by atoms with Crippen LogP contribution >= 0.6 is 0 Å². The van der Waals surface area contributed by atoms with Crippen molar-refractivity contribution in [2.24, 2.45) is 0 Å². The number of fused-ring (bicyclic) bond motifs is 3. The van der Waals surface area contributed by atoms with Crippen molar-refractivity contribution in [2.75, 3.05) is 14.2 Å². The van der Waals surface area contributed by atoms with Gasteiger partial charge in [0.1, 0.15) is 11.5 Å². The Morgan fingerprint density at radius 1 is 0.962 bits per heavy atom. The summed E-state index contributed by atoms with van der Waals surface area (Å²) in [5.74, 6) is 1.49. The number of ether oxygens (including phenoxy) is 2. The van der Waals surface area contributed by atoms with Gasteiger partial charge in [0.2, 0.25) is 0 Å². The van der Waals surface area contributed by atoms with Gasteiger partial charge in [-0.05, 0) is 42.0 Å². The van der Waals surface area contributed by atoms with Gasteiger partial charge in [-0.2, -0.15) is 0 Å². The highest BCUT2D eigenvalue weighted by molar-refractivity contribution is 6.06. The van der Waals surface area contributed by atoms with Gasteiger partial charge in [-0.15, -0.1) is 0 Å². The minimum atomic E-state index is -0.0651. The molecule has 0 amide bonds. The first-order valence-electron chi connectivity index (χ1n) is 8.30. The summed E-state index contributed by atoms with van der Waals surface area (Å²) in [7, 11) is 3.26. The van der Waals surface area contributed by atoms with Gasteiger partial charge in [0.15, 0.2) is 0 Å². The van der Waals surface area contributed by atoms with Crippen molar-refractivity contribution >= 4 is 21.8 Å². The van der Waals surface area contributed by atoms with Gasteiger partial charge >= 0.3 is 0 Å². The molecule has 2 aromatic carbocycles. The predicted molar refractivity (Wildman–Crippen MR) is 102 cm³/mol. The van der Waals surface area contributed by atoms with E-state index < -0.39 is 0 Å². The third kappa shape index (κ3) is 2.58. The van der Waals surface area contributed by atoms with Crippen LogP contribution in [-0.4, -0.2) is 23.8 Å². The maximum absolute atomic E-state index is 13.1. The van der Waals surface area contributed by atoms with Crippen molar-refractivity contribution in [3.63, 3.8) is 0 Å². The van der Waals surface area contributed by atoms with Gasteiger partial charge in [-0.25, -0.2) is 0 Å². The number of aromatic nitrogens is 2. The lowest BCUT2D eigenvalue weighted by molar-refractivity contribution is 0.414. The summed E-state index contributed by atoms with van der Waals surface area (Å²) in [6.45, 7) is 0.456. The lowest BCUT2D eigenvalue weighted by Crippen LogP contribution is -2.22. The van der Waals surface area contributed by atoms with E-state index in [0.29, 0.717) is 23.2 Å². The van der Waals surface area contributed by atoms with Crippen LogP contribution in [0.3, 0.4) is 0 Å². The Kier molecular flexibility index (Phi) is 4.05. The molecule has 2 heterocycles. The molecule has 4 aromatic rings. The molecule has 130 valence electrons. The molecule has 5 heteroatoms. The molecule has 0 fully saturated rings. The number of nitrogens with zero attached hydrogens (tertiary/aromatic N) is 2. The molecule has 0 saturated heterocycles. The van der Waals surface area contributed by atoms with Crippen LogP contribution in [0.5, 0.6) is 11.5 Å². The van der Waals surface area contributed by atoms with Gasteiger partial charge in [0.05, 0.1) is 42.6 Å². The second-order valence-corrected chi connectivity index (χ2v) is 5.99. The molecule has 0 N–H and O–H groups in total. The van der Waals surface area contributed by atoms with Crippen molar-refractivity contribution in [1.29, 1.82) is 0 Å². The molecule has 0 atom stereocenters. The Hall–Kier alpha value is -3.34. The van der Waals surface area contributed by atoms with E-state index in [0.717, 1.165) is 22.2 Å². The molecule has 0 unspecified atom stereocenters. The first-order valence-corrected chi connectivity index (χ1v) is 8.30. The van der Waals surface area contributed by atoms with E-state index in [2.05, 4.69) is 4.98 Å². The third-order valence-electron chi connectivity index (χ3n) is 4.53. The van der Waals surface area contributed by atoms with Crippen molar-refractivity contribution in [3.05, 3.63) is 76.7 Å². The summed E-state index contributed by atoms with van der Waals surface area (Å²) >= 11 is 0. The molecule has 0 saturated carbocycles. The van der Waals surface area contributed by atoms with Crippen LogP contribution in [0.1, 0.15) is 5.56 Å². The Morgan fingerprint density at radius 3 is 2.50 bits per heavy atom. The van der Waals surface area contributed by atoms with Gasteiger partial charge < -0.3 is 14.0 Å². The van der Waals surface area contributed by atoms with Crippen LogP contribution in [0.2, 0.25) is 0 Å². The summed E-state index contributed by atoms with van der Waals surface area (Å²) in [5.41, 5.74) is 2.41. The van der Waals surface area contributed by atoms with E-state index in [4.69, 9.17) is 9.47 Å². The maximum atomic E-state index is 13.1. The van der Waals surface area contributed by atoms with Gasteiger partial charge in [0.25, 0.3) is 5.56 Å². The first kappa shape index (κ1) is 16.1. The second kappa shape index (κ2) is 6.52. The average Bonchev–Trinajstić information content (AvgIpc) is 2.71. The van der Waals surface area contributed by atoms with Crippen LogP contribution in [-0.2, 0) is 6.54 Å². The molecule has 0 spiro atoms. The van der Waals surface area contributed by atoms with Gasteiger partial charge in [-0.1, -0.05) is 18.2 Å². The van der Waals surface area contributed by atoms with E-state index in [9.17, 15) is 4.79 Å². The fourth-order valence-corrected chi connectivity index (χ4v) is 3.25. The molecule has 2 aromatic heterocycles. The quantitative estimate of drug-likeness (QED) is 0.530. The first-order chi connectivity index (χ1) is 12.7. The molecule has 0 radical (unpaired) electrons. The molecule has 5 nitrogen and oxygen atoms in total. The number of rotatable bonds is 4. The van der Waals surface area contributed by atoms with Gasteiger partial charge in [-0.3, -0.25) is 9.78 Å². The number of hydrogen-bond acceptors (Lipinski definition) is 4. The fraction of sp³-hybridized carbons (Fsp3) is 0.143. The average molecular weight is 346 g/mol. The molecule has 0 aliphatic rings. The molecular formula is C21H18N2O3. The zero-order valence-electron chi connectivity index (χ0n) is 14.6. The number of methoxy groups -OCH3 is 2. The van der Waals surface area contributed by atoms with Crippen LogP contribution < -0.4 is 15.0 Å². The number of hydrogen-bond donors (Lipinski definition) is 0. The van der Waals surface area contributed by atoms with Crippen molar-refractivity contribution in [1.82, 2.24) is 9.55 Å². The smallest absolute Gasteiger partial charge is 0.260 e. The van der Waals surface area contributed by atoms with Gasteiger partial charge in [0, 0.05) is 6.20 Å². The number of pyridine rings is 2. The minimum Gasteiger partial charge on any atom is -0.497 e. The largest absolute Gasteiger partial charge is 0.497 e. The second-order valence-electron chi connectivity index (χ2n) is 5.99. The van der Waals surface area contributed by atoms with E-state index >= 15 is 0 Å². The van der Waals surface area contributed by atoms with Crippen molar-refractivity contribution < 1.29 is 9.47 Å². The van der Waals surface area contributed by atoms with Crippen molar-refractivity contribution in [3.8, 4) is 11.5 Å². The topological polar surface area (TPSA) is 53.4 Å². The highest BCUT2D eigenvalue weighted by Crippen LogP contribution is 2.30. The minimum absolute atomic E-state index is 0.0651. The fourth-order valence-electron chi connectivity index (χ4n) is 3.25. The Balaban J connectivity index is 2.00. The van der Waals surface area contributed by atoms with Crippen LogP contribution in [0, 0.1) is 0 Å². The summed E-state index contributed by atoms with van der Waals surface area (Å²) in [5, 5.41) is 1.43. The monoisotopic (exact) mass is 346 g/mol. The maximum Gasteiger partial charge on any atom is 0.260 e. The molecule has 4 rings (SSSR count). The number of benzene rings is 2. The van der Waals surface area contributed by atoms with E-state index in [1.165, 1.54) is 0 Å². The summed E-state index contributed by atoms with van der Waals surface area (Å²) in [6, 6.07) is 17.0. The van der Waals surface area contributed by atoms with E-state index in [-0.39, 0.29) is 5.56 Å². The lowest BCUT2D eigenvalue weighted by atomic mass is 10.1. The Bertz CT molecular complexity index is 1150. The van der Waals surface area contributed by atoms with Crippen LogP contribution in [0.15, 0.2) is 65.6 Å². The zero-order valence-corrected chi connectivity index (χ0v) is 14.6. The summed E-state index contributed by atoms with van der Waals surface area (Å²) < 4.78 is 12.5. The summed E-state index contributed by atoms with van der Waals surface area (Å²) in [6.07, 6.45) is 1.70. The highest BCUT2D eigenvalue weighted by atomic mass is 16.5. The zero-order chi connectivity index (χ0) is 18.1. The molecular weight excluding hydrogens is 328 g/mol.